The molecule has 0 aliphatic heterocycles. The van der Waals surface area contributed by atoms with Crippen molar-refractivity contribution in [2.24, 2.45) is 0 Å². The van der Waals surface area contributed by atoms with E-state index < -0.39 is 0 Å². The van der Waals surface area contributed by atoms with Crippen LogP contribution in [0, 0.1) is 0 Å². The highest BCUT2D eigenvalue weighted by Crippen LogP contribution is 2.30. The molecule has 2 aromatic rings. The van der Waals surface area contributed by atoms with Gasteiger partial charge in [0.25, 0.3) is 0 Å². The van der Waals surface area contributed by atoms with Gasteiger partial charge in [0.2, 0.25) is 0 Å². The molecular formula is C15H12Br2O3. The Morgan fingerprint density at radius 3 is 2.60 bits per heavy atom. The fourth-order valence-corrected chi connectivity index (χ4v) is 2.81. The minimum atomic E-state index is 0.367. The number of hydrogen-bond acceptors (Lipinski definition) is 3. The maximum absolute atomic E-state index is 11.0. The average Bonchev–Trinajstić information content (AvgIpc) is 2.46. The second-order valence-electron chi connectivity index (χ2n) is 4.03. The SMILES string of the molecule is COc1ccc(COc2c(Br)cccc2C=O)cc1Br. The topological polar surface area (TPSA) is 35.5 Å². The highest BCUT2D eigenvalue weighted by molar-refractivity contribution is 9.10. The molecule has 0 saturated carbocycles. The van der Waals surface area contributed by atoms with Gasteiger partial charge in [-0.25, -0.2) is 0 Å². The van der Waals surface area contributed by atoms with Gasteiger partial charge in [-0.3, -0.25) is 4.79 Å². The zero-order valence-electron chi connectivity index (χ0n) is 10.7. The zero-order chi connectivity index (χ0) is 14.5. The monoisotopic (exact) mass is 398 g/mol. The summed E-state index contributed by atoms with van der Waals surface area (Å²) in [5, 5.41) is 0. The largest absolute Gasteiger partial charge is 0.496 e. The summed E-state index contributed by atoms with van der Waals surface area (Å²) in [7, 11) is 1.62. The molecule has 0 aliphatic carbocycles. The number of carbonyl (C=O) groups excluding carboxylic acids is 1. The summed E-state index contributed by atoms with van der Waals surface area (Å²) in [6, 6.07) is 11.1. The predicted octanol–water partition coefficient (Wildman–Crippen LogP) is 4.61. The molecule has 0 spiro atoms. The van der Waals surface area contributed by atoms with Crippen LogP contribution < -0.4 is 9.47 Å². The standard InChI is InChI=1S/C15H12Br2O3/c1-19-14-6-5-10(7-13(14)17)9-20-15-11(8-18)3-2-4-12(15)16/h2-8H,9H2,1H3. The minimum Gasteiger partial charge on any atom is -0.496 e. The molecule has 2 rings (SSSR count). The van der Waals surface area contributed by atoms with Gasteiger partial charge in [0.05, 0.1) is 21.6 Å². The van der Waals surface area contributed by atoms with Crippen LogP contribution in [0.2, 0.25) is 0 Å². The van der Waals surface area contributed by atoms with Gasteiger partial charge in [-0.05, 0) is 61.7 Å². The molecule has 0 heterocycles. The quantitative estimate of drug-likeness (QED) is 0.688. The molecule has 0 atom stereocenters. The number of benzene rings is 2. The van der Waals surface area contributed by atoms with Crippen LogP contribution in [-0.4, -0.2) is 13.4 Å². The van der Waals surface area contributed by atoms with E-state index in [0.717, 1.165) is 26.5 Å². The summed E-state index contributed by atoms with van der Waals surface area (Å²) in [6.07, 6.45) is 0.782. The van der Waals surface area contributed by atoms with E-state index in [4.69, 9.17) is 9.47 Å². The number of aldehydes is 1. The molecule has 0 unspecified atom stereocenters. The van der Waals surface area contributed by atoms with Crippen molar-refractivity contribution in [3.8, 4) is 11.5 Å². The highest BCUT2D eigenvalue weighted by Gasteiger charge is 2.08. The van der Waals surface area contributed by atoms with Gasteiger partial charge >= 0.3 is 0 Å². The summed E-state index contributed by atoms with van der Waals surface area (Å²) in [6.45, 7) is 0.367. The van der Waals surface area contributed by atoms with Crippen LogP contribution >= 0.6 is 31.9 Å². The highest BCUT2D eigenvalue weighted by atomic mass is 79.9. The fraction of sp³-hybridized carbons (Fsp3) is 0.133. The van der Waals surface area contributed by atoms with Crippen LogP contribution in [0.3, 0.4) is 0 Å². The van der Waals surface area contributed by atoms with Crippen LogP contribution in [0.4, 0.5) is 0 Å². The lowest BCUT2D eigenvalue weighted by atomic mass is 10.2. The second-order valence-corrected chi connectivity index (χ2v) is 5.74. The van der Waals surface area contributed by atoms with E-state index in [1.54, 1.807) is 19.2 Å². The molecule has 0 fully saturated rings. The van der Waals surface area contributed by atoms with Gasteiger partial charge < -0.3 is 9.47 Å². The number of carbonyl (C=O) groups is 1. The van der Waals surface area contributed by atoms with E-state index in [9.17, 15) is 4.79 Å². The normalized spacial score (nSPS) is 10.2. The van der Waals surface area contributed by atoms with E-state index in [-0.39, 0.29) is 0 Å². The summed E-state index contributed by atoms with van der Waals surface area (Å²) >= 11 is 6.82. The van der Waals surface area contributed by atoms with Crippen molar-refractivity contribution < 1.29 is 14.3 Å². The lowest BCUT2D eigenvalue weighted by Gasteiger charge is -2.11. The lowest BCUT2D eigenvalue weighted by Crippen LogP contribution is -1.99. The number of para-hydroxylation sites is 1. The maximum Gasteiger partial charge on any atom is 0.153 e. The Bertz CT molecular complexity index is 627. The van der Waals surface area contributed by atoms with Crippen molar-refractivity contribution in [1.29, 1.82) is 0 Å². The molecule has 2 aromatic carbocycles. The first kappa shape index (κ1) is 15.1. The van der Waals surface area contributed by atoms with Gasteiger partial charge in [0.15, 0.2) is 6.29 Å². The molecule has 5 heteroatoms. The third-order valence-corrected chi connectivity index (χ3v) is 3.97. The molecule has 3 nitrogen and oxygen atoms in total. The smallest absolute Gasteiger partial charge is 0.153 e. The van der Waals surface area contributed by atoms with Gasteiger partial charge in [-0.1, -0.05) is 12.1 Å². The molecule has 0 N–H and O–H groups in total. The van der Waals surface area contributed by atoms with Crippen molar-refractivity contribution in [2.45, 2.75) is 6.61 Å². The molecule has 0 bridgehead atoms. The summed E-state index contributed by atoms with van der Waals surface area (Å²) in [5.41, 5.74) is 1.50. The lowest BCUT2D eigenvalue weighted by molar-refractivity contribution is 0.111. The van der Waals surface area contributed by atoms with Gasteiger partial charge in [-0.2, -0.15) is 0 Å². The predicted molar refractivity (Wildman–Crippen MR) is 84.6 cm³/mol. The van der Waals surface area contributed by atoms with E-state index >= 15 is 0 Å². The Kier molecular flexibility index (Phi) is 5.20. The third-order valence-electron chi connectivity index (χ3n) is 2.72. The Balaban J connectivity index is 2.17. The van der Waals surface area contributed by atoms with Crippen LogP contribution in [0.15, 0.2) is 45.3 Å². The second kappa shape index (κ2) is 6.90. The zero-order valence-corrected chi connectivity index (χ0v) is 13.9. The van der Waals surface area contributed by atoms with Crippen molar-refractivity contribution in [3.05, 3.63) is 56.5 Å². The van der Waals surface area contributed by atoms with E-state index in [2.05, 4.69) is 31.9 Å². The molecule has 0 radical (unpaired) electrons. The molecule has 0 saturated heterocycles. The van der Waals surface area contributed by atoms with Gasteiger partial charge in [0, 0.05) is 0 Å². The minimum absolute atomic E-state index is 0.367. The van der Waals surface area contributed by atoms with Crippen molar-refractivity contribution in [1.82, 2.24) is 0 Å². The number of rotatable bonds is 5. The number of hydrogen-bond donors (Lipinski definition) is 0. The molecule has 0 amide bonds. The Morgan fingerprint density at radius 1 is 1.15 bits per heavy atom. The van der Waals surface area contributed by atoms with Gasteiger partial charge in [0.1, 0.15) is 18.1 Å². The van der Waals surface area contributed by atoms with Crippen molar-refractivity contribution >= 4 is 38.1 Å². The average molecular weight is 400 g/mol. The Labute approximate surface area is 134 Å². The first-order valence-electron chi connectivity index (χ1n) is 5.84. The molecular weight excluding hydrogens is 388 g/mol. The van der Waals surface area contributed by atoms with Crippen LogP contribution in [0.25, 0.3) is 0 Å². The Hall–Kier alpha value is -1.33. The number of ether oxygens (including phenoxy) is 2. The molecule has 0 aliphatic rings. The molecule has 20 heavy (non-hydrogen) atoms. The van der Waals surface area contributed by atoms with Crippen LogP contribution in [0.1, 0.15) is 15.9 Å². The Morgan fingerprint density at radius 2 is 1.95 bits per heavy atom. The van der Waals surface area contributed by atoms with Crippen molar-refractivity contribution in [2.75, 3.05) is 7.11 Å². The van der Waals surface area contributed by atoms with Crippen molar-refractivity contribution in [3.63, 3.8) is 0 Å². The number of halogens is 2. The molecule has 0 aromatic heterocycles. The summed E-state index contributed by atoms with van der Waals surface area (Å²) in [4.78, 5) is 11.0. The van der Waals surface area contributed by atoms with E-state index in [1.165, 1.54) is 0 Å². The van der Waals surface area contributed by atoms with Gasteiger partial charge in [-0.15, -0.1) is 0 Å². The van der Waals surface area contributed by atoms with E-state index in [1.807, 2.05) is 24.3 Å². The van der Waals surface area contributed by atoms with E-state index in [0.29, 0.717) is 17.9 Å². The van der Waals surface area contributed by atoms with Crippen LogP contribution in [0.5, 0.6) is 11.5 Å². The first-order valence-corrected chi connectivity index (χ1v) is 7.43. The maximum atomic E-state index is 11.0. The van der Waals surface area contributed by atoms with Crippen LogP contribution in [-0.2, 0) is 6.61 Å². The molecule has 104 valence electrons. The number of methoxy groups -OCH3 is 1. The summed E-state index contributed by atoms with van der Waals surface area (Å²) < 4.78 is 12.5. The third kappa shape index (κ3) is 3.41. The fourth-order valence-electron chi connectivity index (χ4n) is 1.73. The first-order chi connectivity index (χ1) is 9.65. The summed E-state index contributed by atoms with van der Waals surface area (Å²) in [5.74, 6) is 1.32.